The van der Waals surface area contributed by atoms with Gasteiger partial charge in [0, 0.05) is 0 Å². The summed E-state index contributed by atoms with van der Waals surface area (Å²) in [6, 6.07) is 9.42. The number of hydrogen-bond acceptors (Lipinski definition) is 1. The van der Waals surface area contributed by atoms with Crippen molar-refractivity contribution in [2.24, 2.45) is 0 Å². The highest BCUT2D eigenvalue weighted by Gasteiger charge is 2.19. The molecule has 1 saturated heterocycles. The van der Waals surface area contributed by atoms with Crippen LogP contribution < -0.4 is 0 Å². The maximum Gasteiger partial charge on any atom is -0.00130 e. The summed E-state index contributed by atoms with van der Waals surface area (Å²) in [5.74, 6) is 1.49. The van der Waals surface area contributed by atoms with Gasteiger partial charge in [0.05, 0.1) is 0 Å². The lowest BCUT2D eigenvalue weighted by atomic mass is 9.87. The minimum atomic E-state index is 0.695. The van der Waals surface area contributed by atoms with Crippen LogP contribution in [0, 0.1) is 0 Å². The van der Waals surface area contributed by atoms with Crippen molar-refractivity contribution in [2.75, 3.05) is 19.6 Å². The first-order chi connectivity index (χ1) is 8.74. The fraction of sp³-hybridized carbons (Fsp3) is 0.647. The van der Waals surface area contributed by atoms with Crippen molar-refractivity contribution >= 4 is 0 Å². The number of piperidine rings is 1. The van der Waals surface area contributed by atoms with Crippen LogP contribution in [0.5, 0.6) is 0 Å². The van der Waals surface area contributed by atoms with Crippen molar-refractivity contribution in [3.8, 4) is 0 Å². The average molecular weight is 245 g/mol. The van der Waals surface area contributed by atoms with E-state index in [1.165, 1.54) is 44.5 Å². The van der Waals surface area contributed by atoms with Crippen molar-refractivity contribution in [1.82, 2.24) is 4.90 Å². The van der Waals surface area contributed by atoms with E-state index in [0.717, 1.165) is 5.92 Å². The molecule has 0 saturated carbocycles. The molecule has 1 aromatic rings. The second-order valence-electron chi connectivity index (χ2n) is 5.68. The summed E-state index contributed by atoms with van der Waals surface area (Å²) in [7, 11) is 0. The molecule has 0 radical (unpaired) electrons. The van der Waals surface area contributed by atoms with E-state index in [1.807, 2.05) is 0 Å². The molecule has 1 aliphatic rings. The molecule has 0 amide bonds. The molecule has 1 aromatic carbocycles. The number of benzene rings is 1. The van der Waals surface area contributed by atoms with E-state index in [4.69, 9.17) is 0 Å². The molecule has 18 heavy (non-hydrogen) atoms. The molecule has 1 heterocycles. The third-order valence-corrected chi connectivity index (χ3v) is 4.62. The molecule has 100 valence electrons. The van der Waals surface area contributed by atoms with Gasteiger partial charge in [0.2, 0.25) is 0 Å². The smallest absolute Gasteiger partial charge is 0.00130 e. The molecule has 0 aromatic heterocycles. The highest BCUT2D eigenvalue weighted by Crippen LogP contribution is 2.29. The zero-order valence-corrected chi connectivity index (χ0v) is 12.2. The van der Waals surface area contributed by atoms with Crippen molar-refractivity contribution in [3.05, 3.63) is 35.4 Å². The van der Waals surface area contributed by atoms with Crippen molar-refractivity contribution < 1.29 is 0 Å². The van der Waals surface area contributed by atoms with E-state index in [2.05, 4.69) is 49.9 Å². The zero-order chi connectivity index (χ0) is 13.0. The normalized spacial score (nSPS) is 19.9. The SMILES string of the molecule is CCC(C)c1ccc(C2CCN(CC)CC2)cc1. The van der Waals surface area contributed by atoms with Crippen LogP contribution in [0.4, 0.5) is 0 Å². The summed E-state index contributed by atoms with van der Waals surface area (Å²) in [6.45, 7) is 10.6. The second kappa shape index (κ2) is 6.38. The van der Waals surface area contributed by atoms with Gasteiger partial charge in [-0.2, -0.15) is 0 Å². The Labute approximate surface area is 112 Å². The Bertz CT molecular complexity index is 346. The van der Waals surface area contributed by atoms with Gasteiger partial charge in [-0.25, -0.2) is 0 Å². The molecule has 1 heteroatoms. The summed E-state index contributed by atoms with van der Waals surface area (Å²) in [5, 5.41) is 0. The average Bonchev–Trinajstić information content (AvgIpc) is 2.47. The Morgan fingerprint density at radius 1 is 1.11 bits per heavy atom. The summed E-state index contributed by atoms with van der Waals surface area (Å²) in [6.07, 6.45) is 3.89. The lowest BCUT2D eigenvalue weighted by molar-refractivity contribution is 0.222. The van der Waals surface area contributed by atoms with E-state index in [0.29, 0.717) is 5.92 Å². The van der Waals surface area contributed by atoms with Gasteiger partial charge in [-0.1, -0.05) is 45.0 Å². The van der Waals surface area contributed by atoms with E-state index in [-0.39, 0.29) is 0 Å². The molecule has 1 atom stereocenters. The van der Waals surface area contributed by atoms with Crippen LogP contribution in [-0.4, -0.2) is 24.5 Å². The van der Waals surface area contributed by atoms with Crippen molar-refractivity contribution in [1.29, 1.82) is 0 Å². The van der Waals surface area contributed by atoms with Gasteiger partial charge in [-0.05, 0) is 61.9 Å². The molecule has 1 aliphatic heterocycles. The van der Waals surface area contributed by atoms with Gasteiger partial charge in [0.15, 0.2) is 0 Å². The molecular weight excluding hydrogens is 218 g/mol. The largest absolute Gasteiger partial charge is 0.304 e. The predicted octanol–water partition coefficient (Wildman–Crippen LogP) is 4.40. The highest BCUT2D eigenvalue weighted by molar-refractivity contribution is 5.27. The number of rotatable bonds is 4. The minimum Gasteiger partial charge on any atom is -0.304 e. The second-order valence-corrected chi connectivity index (χ2v) is 5.68. The lowest BCUT2D eigenvalue weighted by Crippen LogP contribution is -2.32. The molecular formula is C17H27N. The Balaban J connectivity index is 1.98. The highest BCUT2D eigenvalue weighted by atomic mass is 15.1. The van der Waals surface area contributed by atoms with Crippen LogP contribution in [0.3, 0.4) is 0 Å². The summed E-state index contributed by atoms with van der Waals surface area (Å²) in [5.41, 5.74) is 3.05. The zero-order valence-electron chi connectivity index (χ0n) is 12.2. The van der Waals surface area contributed by atoms with Crippen LogP contribution in [0.2, 0.25) is 0 Å². The van der Waals surface area contributed by atoms with Crippen LogP contribution >= 0.6 is 0 Å². The van der Waals surface area contributed by atoms with Crippen molar-refractivity contribution in [2.45, 2.75) is 51.9 Å². The molecule has 0 aliphatic carbocycles. The van der Waals surface area contributed by atoms with Gasteiger partial charge in [0.25, 0.3) is 0 Å². The van der Waals surface area contributed by atoms with E-state index in [9.17, 15) is 0 Å². The van der Waals surface area contributed by atoms with Crippen LogP contribution in [-0.2, 0) is 0 Å². The summed E-state index contributed by atoms with van der Waals surface area (Å²) < 4.78 is 0. The quantitative estimate of drug-likeness (QED) is 0.760. The summed E-state index contributed by atoms with van der Waals surface area (Å²) >= 11 is 0. The Hall–Kier alpha value is -0.820. The summed E-state index contributed by atoms with van der Waals surface area (Å²) in [4.78, 5) is 2.56. The number of hydrogen-bond donors (Lipinski definition) is 0. The van der Waals surface area contributed by atoms with Gasteiger partial charge in [-0.3, -0.25) is 0 Å². The van der Waals surface area contributed by atoms with Gasteiger partial charge in [0.1, 0.15) is 0 Å². The van der Waals surface area contributed by atoms with Crippen molar-refractivity contribution in [3.63, 3.8) is 0 Å². The topological polar surface area (TPSA) is 3.24 Å². The third-order valence-electron chi connectivity index (χ3n) is 4.62. The maximum absolute atomic E-state index is 2.56. The monoisotopic (exact) mass is 245 g/mol. The van der Waals surface area contributed by atoms with Crippen LogP contribution in [0.15, 0.2) is 24.3 Å². The standard InChI is InChI=1S/C17H27N/c1-4-14(3)15-6-8-16(9-7-15)17-10-12-18(5-2)13-11-17/h6-9,14,17H,4-5,10-13H2,1-3H3. The molecule has 0 N–H and O–H groups in total. The van der Waals surface area contributed by atoms with Crippen LogP contribution in [0.1, 0.15) is 63.0 Å². The molecule has 1 fully saturated rings. The molecule has 1 unspecified atom stereocenters. The first kappa shape index (κ1) is 13.6. The number of nitrogens with zero attached hydrogens (tertiary/aromatic N) is 1. The predicted molar refractivity (Wildman–Crippen MR) is 79.2 cm³/mol. The lowest BCUT2D eigenvalue weighted by Gasteiger charge is -2.31. The fourth-order valence-electron chi connectivity index (χ4n) is 2.91. The molecule has 1 nitrogen and oxygen atoms in total. The molecule has 0 spiro atoms. The first-order valence-electron chi connectivity index (χ1n) is 7.56. The molecule has 0 bridgehead atoms. The van der Waals surface area contributed by atoms with Gasteiger partial charge < -0.3 is 4.90 Å². The van der Waals surface area contributed by atoms with Gasteiger partial charge >= 0.3 is 0 Å². The number of likely N-dealkylation sites (tertiary alicyclic amines) is 1. The van der Waals surface area contributed by atoms with Crippen LogP contribution in [0.25, 0.3) is 0 Å². The first-order valence-corrected chi connectivity index (χ1v) is 7.56. The van der Waals surface area contributed by atoms with E-state index in [1.54, 1.807) is 5.56 Å². The third kappa shape index (κ3) is 3.14. The fourth-order valence-corrected chi connectivity index (χ4v) is 2.91. The Morgan fingerprint density at radius 3 is 2.22 bits per heavy atom. The van der Waals surface area contributed by atoms with Gasteiger partial charge in [-0.15, -0.1) is 0 Å². The minimum absolute atomic E-state index is 0.695. The molecule has 2 rings (SSSR count). The Morgan fingerprint density at radius 2 is 1.72 bits per heavy atom. The van der Waals surface area contributed by atoms with E-state index >= 15 is 0 Å². The Kier molecular flexibility index (Phi) is 4.82. The van der Waals surface area contributed by atoms with E-state index < -0.39 is 0 Å². The maximum atomic E-state index is 2.56.